The van der Waals surface area contributed by atoms with E-state index in [2.05, 4.69) is 15.5 Å². The summed E-state index contributed by atoms with van der Waals surface area (Å²) in [7, 11) is 0. The second-order valence-corrected chi connectivity index (χ2v) is 6.19. The van der Waals surface area contributed by atoms with Crippen LogP contribution in [0.5, 0.6) is 5.75 Å². The van der Waals surface area contributed by atoms with Crippen LogP contribution in [-0.4, -0.2) is 34.7 Å². The van der Waals surface area contributed by atoms with E-state index in [1.54, 1.807) is 18.0 Å². The fourth-order valence-corrected chi connectivity index (χ4v) is 3.04. The minimum atomic E-state index is -0.559. The highest BCUT2D eigenvalue weighted by Crippen LogP contribution is 2.33. The van der Waals surface area contributed by atoms with E-state index in [0.29, 0.717) is 23.7 Å². The van der Waals surface area contributed by atoms with Gasteiger partial charge in [0, 0.05) is 24.0 Å². The molecular formula is C19H18N4O3. The van der Waals surface area contributed by atoms with E-state index >= 15 is 0 Å². The Kier molecular flexibility index (Phi) is 4.04. The van der Waals surface area contributed by atoms with Gasteiger partial charge in [0.05, 0.1) is 17.4 Å². The standard InChI is InChI=1S/C19H18N4O3/c1-12-19(25)23(16-4-2-3-5-17(16)26-12)9-8-18(24)21-14-7-6-13-11-20-22-15(13)10-14/h2-7,10-12H,8-9H2,1H3,(H,20,22)(H,21,24). The molecule has 1 aliphatic rings. The van der Waals surface area contributed by atoms with Gasteiger partial charge in [0.2, 0.25) is 5.91 Å². The zero-order valence-corrected chi connectivity index (χ0v) is 14.2. The van der Waals surface area contributed by atoms with Gasteiger partial charge in [-0.1, -0.05) is 12.1 Å². The first-order chi connectivity index (χ1) is 12.6. The molecule has 0 bridgehead atoms. The number of fused-ring (bicyclic) bond motifs is 2. The summed E-state index contributed by atoms with van der Waals surface area (Å²) in [5.41, 5.74) is 2.24. The number of aromatic nitrogens is 2. The number of ether oxygens (including phenoxy) is 1. The predicted octanol–water partition coefficient (Wildman–Crippen LogP) is 2.71. The van der Waals surface area contributed by atoms with Crippen LogP contribution >= 0.6 is 0 Å². The number of hydrogen-bond acceptors (Lipinski definition) is 4. The van der Waals surface area contributed by atoms with Crippen LogP contribution in [-0.2, 0) is 9.59 Å². The molecule has 4 rings (SSSR count). The van der Waals surface area contributed by atoms with Gasteiger partial charge in [0.25, 0.3) is 5.91 Å². The highest BCUT2D eigenvalue weighted by molar-refractivity contribution is 6.01. The first-order valence-corrected chi connectivity index (χ1v) is 8.42. The van der Waals surface area contributed by atoms with Crippen molar-refractivity contribution in [2.75, 3.05) is 16.8 Å². The molecule has 7 heteroatoms. The van der Waals surface area contributed by atoms with Gasteiger partial charge in [-0.15, -0.1) is 0 Å². The number of carbonyl (C=O) groups excluding carboxylic acids is 2. The Labute approximate surface area is 149 Å². The lowest BCUT2D eigenvalue weighted by Crippen LogP contribution is -2.45. The van der Waals surface area contributed by atoms with E-state index in [-0.39, 0.29) is 18.2 Å². The fourth-order valence-electron chi connectivity index (χ4n) is 3.04. The number of nitrogens with zero attached hydrogens (tertiary/aromatic N) is 2. The summed E-state index contributed by atoms with van der Waals surface area (Å²) in [6, 6.07) is 12.9. The van der Waals surface area contributed by atoms with Gasteiger partial charge in [0.15, 0.2) is 6.10 Å². The molecule has 7 nitrogen and oxygen atoms in total. The second-order valence-electron chi connectivity index (χ2n) is 6.19. The molecule has 0 aliphatic carbocycles. The van der Waals surface area contributed by atoms with Gasteiger partial charge >= 0.3 is 0 Å². The predicted molar refractivity (Wildman–Crippen MR) is 98.2 cm³/mol. The van der Waals surface area contributed by atoms with Crippen LogP contribution < -0.4 is 15.0 Å². The maximum absolute atomic E-state index is 12.4. The second kappa shape index (κ2) is 6.51. The van der Waals surface area contributed by atoms with Gasteiger partial charge in [-0.05, 0) is 37.3 Å². The van der Waals surface area contributed by atoms with Crippen LogP contribution in [0.4, 0.5) is 11.4 Å². The van der Waals surface area contributed by atoms with Gasteiger partial charge in [-0.2, -0.15) is 5.10 Å². The number of carbonyl (C=O) groups is 2. The molecule has 0 radical (unpaired) electrons. The summed E-state index contributed by atoms with van der Waals surface area (Å²) in [6.45, 7) is 2.01. The minimum Gasteiger partial charge on any atom is -0.479 e. The SMILES string of the molecule is CC1Oc2ccccc2N(CCC(=O)Nc2ccc3cn[nH]c3c2)C1=O. The molecule has 2 heterocycles. The average Bonchev–Trinajstić information content (AvgIpc) is 3.10. The first kappa shape index (κ1) is 16.1. The summed E-state index contributed by atoms with van der Waals surface area (Å²) in [5.74, 6) is 0.355. The van der Waals surface area contributed by atoms with E-state index in [4.69, 9.17) is 4.74 Å². The van der Waals surface area contributed by atoms with E-state index < -0.39 is 6.10 Å². The summed E-state index contributed by atoms with van der Waals surface area (Å²) >= 11 is 0. The van der Waals surface area contributed by atoms with Crippen molar-refractivity contribution in [3.63, 3.8) is 0 Å². The zero-order chi connectivity index (χ0) is 18.1. The smallest absolute Gasteiger partial charge is 0.267 e. The molecule has 0 saturated carbocycles. The largest absolute Gasteiger partial charge is 0.479 e. The summed E-state index contributed by atoms with van der Waals surface area (Å²) in [6.07, 6.45) is 1.35. The number of anilines is 2. The summed E-state index contributed by atoms with van der Waals surface area (Å²) in [5, 5.41) is 10.7. The quantitative estimate of drug-likeness (QED) is 0.757. The van der Waals surface area contributed by atoms with Gasteiger partial charge < -0.3 is 15.0 Å². The van der Waals surface area contributed by atoms with Gasteiger partial charge in [-0.3, -0.25) is 14.7 Å². The molecule has 1 aromatic heterocycles. The molecule has 132 valence electrons. The lowest BCUT2D eigenvalue weighted by atomic mass is 10.1. The van der Waals surface area contributed by atoms with E-state index in [1.807, 2.05) is 42.5 Å². The van der Waals surface area contributed by atoms with Crippen LogP contribution in [0.25, 0.3) is 10.9 Å². The maximum atomic E-state index is 12.4. The molecule has 26 heavy (non-hydrogen) atoms. The highest BCUT2D eigenvalue weighted by Gasteiger charge is 2.31. The molecule has 2 amide bonds. The number of amides is 2. The number of hydrogen-bond donors (Lipinski definition) is 2. The molecule has 0 fully saturated rings. The Bertz CT molecular complexity index is 982. The molecule has 1 unspecified atom stereocenters. The minimum absolute atomic E-state index is 0.143. The number of aromatic amines is 1. The highest BCUT2D eigenvalue weighted by atomic mass is 16.5. The van der Waals surface area contributed by atoms with Crippen LogP contribution in [0.1, 0.15) is 13.3 Å². The van der Waals surface area contributed by atoms with Crippen molar-refractivity contribution < 1.29 is 14.3 Å². The molecule has 2 aromatic carbocycles. The number of para-hydroxylation sites is 2. The van der Waals surface area contributed by atoms with E-state index in [0.717, 1.165) is 10.9 Å². The molecule has 3 aromatic rings. The molecular weight excluding hydrogens is 332 g/mol. The van der Waals surface area contributed by atoms with Crippen LogP contribution in [0.2, 0.25) is 0 Å². The molecule has 2 N–H and O–H groups in total. The normalized spacial score (nSPS) is 16.3. The number of H-pyrrole nitrogens is 1. The van der Waals surface area contributed by atoms with Crippen molar-refractivity contribution in [2.24, 2.45) is 0 Å². The van der Waals surface area contributed by atoms with Crippen molar-refractivity contribution in [3.05, 3.63) is 48.7 Å². The first-order valence-electron chi connectivity index (χ1n) is 8.42. The van der Waals surface area contributed by atoms with Crippen molar-refractivity contribution in [1.82, 2.24) is 10.2 Å². The molecule has 0 saturated heterocycles. The fraction of sp³-hybridized carbons (Fsp3) is 0.211. The van der Waals surface area contributed by atoms with Crippen molar-refractivity contribution >= 4 is 34.1 Å². The Morgan fingerprint density at radius 3 is 3.04 bits per heavy atom. The Morgan fingerprint density at radius 1 is 1.31 bits per heavy atom. The van der Waals surface area contributed by atoms with E-state index in [9.17, 15) is 9.59 Å². The maximum Gasteiger partial charge on any atom is 0.267 e. The Morgan fingerprint density at radius 2 is 2.15 bits per heavy atom. The third-order valence-electron chi connectivity index (χ3n) is 4.36. The van der Waals surface area contributed by atoms with Crippen molar-refractivity contribution in [1.29, 1.82) is 0 Å². The van der Waals surface area contributed by atoms with Crippen LogP contribution in [0, 0.1) is 0 Å². The zero-order valence-electron chi connectivity index (χ0n) is 14.2. The van der Waals surface area contributed by atoms with E-state index in [1.165, 1.54) is 0 Å². The van der Waals surface area contributed by atoms with Gasteiger partial charge in [-0.25, -0.2) is 0 Å². The molecule has 1 aliphatic heterocycles. The topological polar surface area (TPSA) is 87.3 Å². The summed E-state index contributed by atoms with van der Waals surface area (Å²) in [4.78, 5) is 26.4. The third-order valence-corrected chi connectivity index (χ3v) is 4.36. The monoisotopic (exact) mass is 350 g/mol. The number of nitrogens with one attached hydrogen (secondary N) is 2. The van der Waals surface area contributed by atoms with Crippen LogP contribution in [0.15, 0.2) is 48.7 Å². The summed E-state index contributed by atoms with van der Waals surface area (Å²) < 4.78 is 5.61. The van der Waals surface area contributed by atoms with Crippen LogP contribution in [0.3, 0.4) is 0 Å². The Balaban J connectivity index is 1.44. The number of benzene rings is 2. The molecule has 1 atom stereocenters. The van der Waals surface area contributed by atoms with Crippen molar-refractivity contribution in [2.45, 2.75) is 19.4 Å². The van der Waals surface area contributed by atoms with Gasteiger partial charge in [0.1, 0.15) is 5.75 Å². The third kappa shape index (κ3) is 2.99. The molecule has 0 spiro atoms. The lowest BCUT2D eigenvalue weighted by molar-refractivity contribution is -0.125. The average molecular weight is 350 g/mol. The lowest BCUT2D eigenvalue weighted by Gasteiger charge is -2.32. The van der Waals surface area contributed by atoms with Crippen molar-refractivity contribution in [3.8, 4) is 5.75 Å². The Hall–Kier alpha value is -3.35. The number of rotatable bonds is 4.